The number of hydrogen-bond acceptors (Lipinski definition) is 3. The molecule has 0 heterocycles. The molecular formula is C15H20ClNO3. The molecule has 0 spiro atoms. The molecule has 2 rings (SSSR count). The molecule has 4 nitrogen and oxygen atoms in total. The van der Waals surface area contributed by atoms with E-state index in [1.165, 1.54) is 12.0 Å². The number of ether oxygens (including phenoxy) is 1. The fourth-order valence-corrected chi connectivity index (χ4v) is 3.02. The van der Waals surface area contributed by atoms with Gasteiger partial charge in [-0.1, -0.05) is 30.5 Å². The van der Waals surface area contributed by atoms with Gasteiger partial charge in [0.25, 0.3) is 5.91 Å². The highest BCUT2D eigenvalue weighted by Gasteiger charge is 2.34. The average Bonchev–Trinajstić information content (AvgIpc) is 2.84. The molecule has 0 aliphatic heterocycles. The standard InChI is InChI=1S/C15H20ClNO3/c1-17(10-15(19)8-3-4-9-15)14(18)13-11(16)6-5-7-12(13)20-2/h5-7,19H,3-4,8-10H2,1-2H3. The molecular weight excluding hydrogens is 278 g/mol. The summed E-state index contributed by atoms with van der Waals surface area (Å²) in [6.07, 6.45) is 3.50. The molecule has 20 heavy (non-hydrogen) atoms. The number of amides is 1. The van der Waals surface area contributed by atoms with Gasteiger partial charge >= 0.3 is 0 Å². The maximum atomic E-state index is 12.5. The summed E-state index contributed by atoms with van der Waals surface area (Å²) in [5.41, 5.74) is -0.417. The summed E-state index contributed by atoms with van der Waals surface area (Å²) >= 11 is 6.11. The number of methoxy groups -OCH3 is 1. The highest BCUT2D eigenvalue weighted by Crippen LogP contribution is 2.32. The van der Waals surface area contributed by atoms with E-state index in [1.54, 1.807) is 25.2 Å². The Bertz CT molecular complexity index is 498. The lowest BCUT2D eigenvalue weighted by atomic mass is 10.0. The maximum absolute atomic E-state index is 12.5. The lowest BCUT2D eigenvalue weighted by Gasteiger charge is -2.29. The van der Waals surface area contributed by atoms with Crippen molar-refractivity contribution in [1.29, 1.82) is 0 Å². The van der Waals surface area contributed by atoms with E-state index in [9.17, 15) is 9.90 Å². The van der Waals surface area contributed by atoms with Crippen molar-refractivity contribution in [2.75, 3.05) is 20.7 Å². The third kappa shape index (κ3) is 3.07. The number of nitrogens with zero attached hydrogens (tertiary/aromatic N) is 1. The average molecular weight is 298 g/mol. The van der Waals surface area contributed by atoms with Crippen LogP contribution in [0.1, 0.15) is 36.0 Å². The second kappa shape index (κ2) is 6.02. The molecule has 1 aliphatic carbocycles. The number of carbonyl (C=O) groups excluding carboxylic acids is 1. The normalized spacial score (nSPS) is 17.0. The van der Waals surface area contributed by atoms with Gasteiger partial charge in [-0.25, -0.2) is 0 Å². The molecule has 110 valence electrons. The van der Waals surface area contributed by atoms with Crippen molar-refractivity contribution >= 4 is 17.5 Å². The van der Waals surface area contributed by atoms with Gasteiger partial charge in [0.05, 0.1) is 17.7 Å². The first kappa shape index (κ1) is 15.1. The number of halogens is 1. The van der Waals surface area contributed by atoms with Crippen LogP contribution < -0.4 is 4.74 Å². The number of likely N-dealkylation sites (N-methyl/N-ethyl adjacent to an activating group) is 1. The molecule has 1 aromatic carbocycles. The Hall–Kier alpha value is -1.26. The first-order valence-electron chi connectivity index (χ1n) is 6.77. The zero-order chi connectivity index (χ0) is 14.8. The number of rotatable bonds is 4. The van der Waals surface area contributed by atoms with Gasteiger partial charge in [0.15, 0.2) is 0 Å². The molecule has 1 aliphatic rings. The quantitative estimate of drug-likeness (QED) is 0.929. The Morgan fingerprint density at radius 1 is 1.45 bits per heavy atom. The van der Waals surface area contributed by atoms with Gasteiger partial charge in [-0.05, 0) is 25.0 Å². The maximum Gasteiger partial charge on any atom is 0.258 e. The van der Waals surface area contributed by atoms with Crippen LogP contribution in [0.15, 0.2) is 18.2 Å². The molecule has 5 heteroatoms. The van der Waals surface area contributed by atoms with E-state index in [-0.39, 0.29) is 5.91 Å². The number of hydrogen-bond donors (Lipinski definition) is 1. The molecule has 0 unspecified atom stereocenters. The van der Waals surface area contributed by atoms with E-state index in [1.807, 2.05) is 0 Å². The van der Waals surface area contributed by atoms with Crippen LogP contribution in [0.4, 0.5) is 0 Å². The zero-order valence-corrected chi connectivity index (χ0v) is 12.6. The van der Waals surface area contributed by atoms with Crippen LogP contribution in [0.5, 0.6) is 5.75 Å². The predicted molar refractivity (Wildman–Crippen MR) is 78.4 cm³/mol. The summed E-state index contributed by atoms with van der Waals surface area (Å²) in [4.78, 5) is 14.0. The Kier molecular flexibility index (Phi) is 4.55. The monoisotopic (exact) mass is 297 g/mol. The van der Waals surface area contributed by atoms with E-state index in [0.717, 1.165) is 25.7 Å². The van der Waals surface area contributed by atoms with Crippen LogP contribution in [0.25, 0.3) is 0 Å². The number of carbonyl (C=O) groups is 1. The van der Waals surface area contributed by atoms with Crippen LogP contribution >= 0.6 is 11.6 Å². The summed E-state index contributed by atoms with van der Waals surface area (Å²) in [7, 11) is 3.19. The summed E-state index contributed by atoms with van der Waals surface area (Å²) < 4.78 is 5.20. The molecule has 0 aromatic heterocycles. The van der Waals surface area contributed by atoms with E-state index < -0.39 is 5.60 Å². The predicted octanol–water partition coefficient (Wildman–Crippen LogP) is 2.73. The second-order valence-corrected chi connectivity index (χ2v) is 5.82. The van der Waals surface area contributed by atoms with Gasteiger partial charge in [-0.2, -0.15) is 0 Å². The Balaban J connectivity index is 2.18. The van der Waals surface area contributed by atoms with Gasteiger partial charge in [-0.15, -0.1) is 0 Å². The van der Waals surface area contributed by atoms with Crippen molar-refractivity contribution in [2.45, 2.75) is 31.3 Å². The van der Waals surface area contributed by atoms with Gasteiger partial charge in [-0.3, -0.25) is 4.79 Å². The van der Waals surface area contributed by atoms with Crippen LogP contribution in [0.2, 0.25) is 5.02 Å². The summed E-state index contributed by atoms with van der Waals surface area (Å²) in [5.74, 6) is 0.223. The number of aliphatic hydroxyl groups is 1. The van der Waals surface area contributed by atoms with Crippen molar-refractivity contribution in [3.8, 4) is 5.75 Å². The lowest BCUT2D eigenvalue weighted by molar-refractivity contribution is 0.0156. The van der Waals surface area contributed by atoms with Gasteiger partial charge < -0.3 is 14.7 Å². The van der Waals surface area contributed by atoms with Crippen molar-refractivity contribution in [3.63, 3.8) is 0 Å². The highest BCUT2D eigenvalue weighted by atomic mass is 35.5. The topological polar surface area (TPSA) is 49.8 Å². The Morgan fingerprint density at radius 2 is 2.10 bits per heavy atom. The third-order valence-corrected chi connectivity index (χ3v) is 4.14. The Labute approximate surface area is 124 Å². The van der Waals surface area contributed by atoms with E-state index in [2.05, 4.69) is 0 Å². The molecule has 1 amide bonds. The van der Waals surface area contributed by atoms with Crippen LogP contribution in [-0.4, -0.2) is 42.2 Å². The molecule has 1 saturated carbocycles. The molecule has 0 bridgehead atoms. The molecule has 1 aromatic rings. The molecule has 0 saturated heterocycles. The van der Waals surface area contributed by atoms with Crippen molar-refractivity contribution in [3.05, 3.63) is 28.8 Å². The lowest BCUT2D eigenvalue weighted by Crippen LogP contribution is -2.42. The Morgan fingerprint density at radius 3 is 2.70 bits per heavy atom. The third-order valence-electron chi connectivity index (χ3n) is 3.82. The highest BCUT2D eigenvalue weighted by molar-refractivity contribution is 6.34. The summed E-state index contributed by atoms with van der Waals surface area (Å²) in [6, 6.07) is 5.11. The van der Waals surface area contributed by atoms with Gasteiger partial charge in [0, 0.05) is 13.6 Å². The largest absolute Gasteiger partial charge is 0.496 e. The smallest absolute Gasteiger partial charge is 0.258 e. The zero-order valence-electron chi connectivity index (χ0n) is 11.9. The first-order valence-corrected chi connectivity index (χ1v) is 7.15. The summed E-state index contributed by atoms with van der Waals surface area (Å²) in [5, 5.41) is 10.8. The molecule has 0 radical (unpaired) electrons. The van der Waals surface area contributed by atoms with Crippen LogP contribution in [0.3, 0.4) is 0 Å². The van der Waals surface area contributed by atoms with Crippen molar-refractivity contribution in [1.82, 2.24) is 4.90 Å². The molecule has 1 fully saturated rings. The summed E-state index contributed by atoms with van der Waals surface area (Å²) in [6.45, 7) is 0.320. The van der Waals surface area contributed by atoms with Gasteiger partial charge in [0.1, 0.15) is 11.3 Å². The van der Waals surface area contributed by atoms with Gasteiger partial charge in [0.2, 0.25) is 0 Å². The van der Waals surface area contributed by atoms with E-state index >= 15 is 0 Å². The SMILES string of the molecule is COc1cccc(Cl)c1C(=O)N(C)CC1(O)CCCC1. The number of benzene rings is 1. The van der Waals surface area contributed by atoms with Crippen molar-refractivity contribution in [2.24, 2.45) is 0 Å². The van der Waals surface area contributed by atoms with E-state index in [0.29, 0.717) is 22.9 Å². The minimum Gasteiger partial charge on any atom is -0.496 e. The molecule has 1 N–H and O–H groups in total. The van der Waals surface area contributed by atoms with Crippen LogP contribution in [0, 0.1) is 0 Å². The second-order valence-electron chi connectivity index (χ2n) is 5.41. The minimum absolute atomic E-state index is 0.229. The van der Waals surface area contributed by atoms with E-state index in [4.69, 9.17) is 16.3 Å². The fourth-order valence-electron chi connectivity index (χ4n) is 2.78. The van der Waals surface area contributed by atoms with Crippen LogP contribution in [-0.2, 0) is 0 Å². The molecule has 0 atom stereocenters. The minimum atomic E-state index is -0.765. The van der Waals surface area contributed by atoms with Crippen molar-refractivity contribution < 1.29 is 14.6 Å². The fraction of sp³-hybridized carbons (Fsp3) is 0.533. The first-order chi connectivity index (χ1) is 9.47.